The molecule has 0 amide bonds. The summed E-state index contributed by atoms with van der Waals surface area (Å²) in [6.07, 6.45) is 8.37. The molecule has 120 valence electrons. The minimum Gasteiger partial charge on any atom is -0.265 e. The number of halogens is 1. The summed E-state index contributed by atoms with van der Waals surface area (Å²) in [5, 5.41) is 0.636. The lowest BCUT2D eigenvalue weighted by molar-refractivity contribution is 1.14. The smallest absolute Gasteiger partial charge is 0.160 e. The van der Waals surface area contributed by atoms with Gasteiger partial charge in [0.25, 0.3) is 0 Å². The molecule has 0 fully saturated rings. The van der Waals surface area contributed by atoms with Crippen LogP contribution in [0.5, 0.6) is 0 Å². The number of rotatable bonds is 3. The Kier molecular flexibility index (Phi) is 4.14. The van der Waals surface area contributed by atoms with E-state index in [-0.39, 0.29) is 0 Å². The Morgan fingerprint density at radius 2 is 1.44 bits per heavy atom. The predicted molar refractivity (Wildman–Crippen MR) is 96.7 cm³/mol. The summed E-state index contributed by atoms with van der Waals surface area (Å²) in [5.74, 6) is 0.596. The zero-order valence-corrected chi connectivity index (χ0v) is 13.8. The van der Waals surface area contributed by atoms with E-state index in [1.165, 1.54) is 6.33 Å². The molecule has 0 unspecified atom stereocenters. The van der Waals surface area contributed by atoms with Gasteiger partial charge in [-0.05, 0) is 24.3 Å². The van der Waals surface area contributed by atoms with E-state index in [1.54, 1.807) is 24.8 Å². The molecule has 0 aliphatic rings. The molecule has 1 aromatic carbocycles. The Labute approximate surface area is 149 Å². The topological polar surface area (TPSA) is 64.5 Å². The first kappa shape index (κ1) is 15.4. The van der Waals surface area contributed by atoms with Crippen molar-refractivity contribution in [2.75, 3.05) is 0 Å². The van der Waals surface area contributed by atoms with Crippen molar-refractivity contribution in [1.29, 1.82) is 0 Å². The molecule has 0 aliphatic heterocycles. The van der Waals surface area contributed by atoms with Crippen LogP contribution in [-0.2, 0) is 0 Å². The molecule has 3 heterocycles. The van der Waals surface area contributed by atoms with Crippen LogP contribution in [-0.4, -0.2) is 24.9 Å². The Morgan fingerprint density at radius 3 is 2.20 bits per heavy atom. The molecule has 0 spiro atoms. The fourth-order valence-corrected chi connectivity index (χ4v) is 2.70. The number of benzene rings is 1. The van der Waals surface area contributed by atoms with E-state index >= 15 is 0 Å². The maximum absolute atomic E-state index is 6.36. The molecule has 6 heteroatoms. The van der Waals surface area contributed by atoms with E-state index in [9.17, 15) is 0 Å². The molecule has 0 aliphatic carbocycles. The summed E-state index contributed by atoms with van der Waals surface area (Å²) in [7, 11) is 0. The molecule has 4 rings (SSSR count). The number of nitrogens with zero attached hydrogens (tertiary/aromatic N) is 5. The second kappa shape index (κ2) is 6.75. The van der Waals surface area contributed by atoms with Crippen molar-refractivity contribution in [3.63, 3.8) is 0 Å². The molecule has 0 N–H and O–H groups in total. The molecule has 0 saturated carbocycles. The lowest BCUT2D eigenvalue weighted by Crippen LogP contribution is -1.96. The molecule has 5 nitrogen and oxygen atoms in total. The van der Waals surface area contributed by atoms with Crippen LogP contribution in [0.3, 0.4) is 0 Å². The minimum absolute atomic E-state index is 0.596. The van der Waals surface area contributed by atoms with Gasteiger partial charge in [0.1, 0.15) is 6.33 Å². The third-order valence-corrected chi connectivity index (χ3v) is 4.00. The Balaban J connectivity index is 1.94. The van der Waals surface area contributed by atoms with Crippen molar-refractivity contribution in [1.82, 2.24) is 24.9 Å². The average Bonchev–Trinajstić information content (AvgIpc) is 2.69. The lowest BCUT2D eigenvalue weighted by atomic mass is 10.1. The summed E-state index contributed by atoms with van der Waals surface area (Å²) < 4.78 is 0. The highest BCUT2D eigenvalue weighted by molar-refractivity contribution is 6.33. The Hall–Kier alpha value is -3.18. The molecule has 25 heavy (non-hydrogen) atoms. The largest absolute Gasteiger partial charge is 0.265 e. The summed E-state index contributed by atoms with van der Waals surface area (Å²) in [6.45, 7) is 0. The third-order valence-electron chi connectivity index (χ3n) is 3.67. The molecule has 0 saturated heterocycles. The predicted octanol–water partition coefficient (Wildman–Crippen LogP) is 4.32. The third kappa shape index (κ3) is 3.22. The van der Waals surface area contributed by atoms with E-state index in [0.29, 0.717) is 10.8 Å². The zero-order valence-electron chi connectivity index (χ0n) is 13.0. The van der Waals surface area contributed by atoms with Crippen LogP contribution >= 0.6 is 11.6 Å². The number of hydrogen-bond acceptors (Lipinski definition) is 5. The van der Waals surface area contributed by atoms with Crippen LogP contribution in [0.4, 0.5) is 0 Å². The van der Waals surface area contributed by atoms with Crippen LogP contribution in [0.25, 0.3) is 33.9 Å². The van der Waals surface area contributed by atoms with Gasteiger partial charge in [-0.1, -0.05) is 29.8 Å². The first-order valence-electron chi connectivity index (χ1n) is 7.61. The zero-order chi connectivity index (χ0) is 17.1. The highest BCUT2D eigenvalue weighted by Crippen LogP contribution is 2.30. The first-order valence-corrected chi connectivity index (χ1v) is 7.99. The summed E-state index contributed by atoms with van der Waals surface area (Å²) in [6, 6.07) is 13.2. The van der Waals surface area contributed by atoms with Crippen molar-refractivity contribution in [3.8, 4) is 33.9 Å². The molecule has 0 radical (unpaired) electrons. The fourth-order valence-electron chi connectivity index (χ4n) is 2.46. The van der Waals surface area contributed by atoms with Gasteiger partial charge >= 0.3 is 0 Å². The average molecular weight is 346 g/mol. The Bertz CT molecular complexity index is 949. The van der Waals surface area contributed by atoms with E-state index in [0.717, 1.165) is 28.1 Å². The van der Waals surface area contributed by atoms with Crippen LogP contribution in [0.15, 0.2) is 73.6 Å². The van der Waals surface area contributed by atoms with Crippen LogP contribution in [0, 0.1) is 0 Å². The van der Waals surface area contributed by atoms with Gasteiger partial charge in [-0.2, -0.15) is 0 Å². The van der Waals surface area contributed by atoms with Crippen molar-refractivity contribution in [3.05, 3.63) is 78.6 Å². The Morgan fingerprint density at radius 1 is 0.720 bits per heavy atom. The lowest BCUT2D eigenvalue weighted by Gasteiger charge is -2.09. The van der Waals surface area contributed by atoms with Crippen molar-refractivity contribution in [2.45, 2.75) is 0 Å². The summed E-state index contributed by atoms with van der Waals surface area (Å²) in [4.78, 5) is 21.6. The number of aromatic nitrogens is 5. The first-order chi connectivity index (χ1) is 12.3. The highest BCUT2D eigenvalue weighted by atomic mass is 35.5. The van der Waals surface area contributed by atoms with Gasteiger partial charge < -0.3 is 0 Å². The molecular formula is C19H12ClN5. The standard InChI is InChI=1S/C19H12ClN5/c20-16-4-2-1-3-15(16)18-9-17(14-10-22-12-23-11-14)24-19(25-18)13-5-7-21-8-6-13/h1-12H. The maximum atomic E-state index is 6.36. The van der Waals surface area contributed by atoms with Crippen LogP contribution in [0.2, 0.25) is 5.02 Å². The van der Waals surface area contributed by atoms with Gasteiger partial charge in [0.15, 0.2) is 5.82 Å². The van der Waals surface area contributed by atoms with Crippen molar-refractivity contribution in [2.24, 2.45) is 0 Å². The molecule has 3 aromatic heterocycles. The fraction of sp³-hybridized carbons (Fsp3) is 0. The summed E-state index contributed by atoms with van der Waals surface area (Å²) >= 11 is 6.36. The van der Waals surface area contributed by atoms with E-state index in [2.05, 4.69) is 19.9 Å². The van der Waals surface area contributed by atoms with Gasteiger partial charge in [-0.25, -0.2) is 19.9 Å². The molecule has 0 bridgehead atoms. The number of hydrogen-bond donors (Lipinski definition) is 0. The maximum Gasteiger partial charge on any atom is 0.160 e. The van der Waals surface area contributed by atoms with Gasteiger partial charge in [-0.15, -0.1) is 0 Å². The molecule has 0 atom stereocenters. The minimum atomic E-state index is 0.596. The van der Waals surface area contributed by atoms with Gasteiger partial charge in [0.05, 0.1) is 11.4 Å². The van der Waals surface area contributed by atoms with E-state index in [1.807, 2.05) is 42.5 Å². The van der Waals surface area contributed by atoms with Crippen molar-refractivity contribution < 1.29 is 0 Å². The van der Waals surface area contributed by atoms with Crippen LogP contribution in [0.1, 0.15) is 0 Å². The SMILES string of the molecule is Clc1ccccc1-c1cc(-c2cncnc2)nc(-c2ccncc2)n1. The quantitative estimate of drug-likeness (QED) is 0.553. The van der Waals surface area contributed by atoms with E-state index < -0.39 is 0 Å². The van der Waals surface area contributed by atoms with Gasteiger partial charge in [0.2, 0.25) is 0 Å². The van der Waals surface area contributed by atoms with Gasteiger partial charge in [0, 0.05) is 46.5 Å². The van der Waals surface area contributed by atoms with Crippen molar-refractivity contribution >= 4 is 11.6 Å². The highest BCUT2D eigenvalue weighted by Gasteiger charge is 2.12. The second-order valence-corrected chi connectivity index (χ2v) is 5.71. The molecule has 4 aromatic rings. The van der Waals surface area contributed by atoms with Crippen LogP contribution < -0.4 is 0 Å². The molecular weight excluding hydrogens is 334 g/mol. The van der Waals surface area contributed by atoms with E-state index in [4.69, 9.17) is 16.6 Å². The normalized spacial score (nSPS) is 10.6. The number of pyridine rings is 1. The second-order valence-electron chi connectivity index (χ2n) is 5.30. The monoisotopic (exact) mass is 345 g/mol. The summed E-state index contributed by atoms with van der Waals surface area (Å²) in [5.41, 5.74) is 4.01. The van der Waals surface area contributed by atoms with Gasteiger partial charge in [-0.3, -0.25) is 4.98 Å².